The van der Waals surface area contributed by atoms with Crippen molar-refractivity contribution in [3.63, 3.8) is 0 Å². The number of hydrogen-bond acceptors (Lipinski definition) is 4. The molecule has 3 saturated carbocycles. The molecular weight excluding hydrogens is 220 g/mol. The van der Waals surface area contributed by atoms with Gasteiger partial charge < -0.3 is 9.47 Å². The Hall–Kier alpha value is -1.06. The van der Waals surface area contributed by atoms with Crippen molar-refractivity contribution >= 4 is 11.9 Å². The largest absolute Gasteiger partial charge is 0.459 e. The average Bonchev–Trinajstić information content (AvgIpc) is 2.18. The SMILES string of the molecule is CC(=O)O[C@H]1[C@H]2C[C@@H](C[C@H]1OC(C)=O)C2(C)C. The van der Waals surface area contributed by atoms with E-state index in [4.69, 9.17) is 9.47 Å². The molecule has 0 aromatic carbocycles. The third-order valence-corrected chi connectivity index (χ3v) is 4.45. The maximum Gasteiger partial charge on any atom is 0.303 e. The lowest BCUT2D eigenvalue weighted by atomic mass is 9.47. The Morgan fingerprint density at radius 3 is 2.12 bits per heavy atom. The molecule has 0 unspecified atom stereocenters. The predicted octanol–water partition coefficient (Wildman–Crippen LogP) is 1.92. The minimum atomic E-state index is -0.300. The summed E-state index contributed by atoms with van der Waals surface area (Å²) in [6.07, 6.45) is 1.36. The summed E-state index contributed by atoms with van der Waals surface area (Å²) in [6.45, 7) is 7.21. The summed E-state index contributed by atoms with van der Waals surface area (Å²) >= 11 is 0. The second-order valence-electron chi connectivity index (χ2n) is 5.82. The first-order valence-corrected chi connectivity index (χ1v) is 6.16. The van der Waals surface area contributed by atoms with E-state index in [9.17, 15) is 9.59 Å². The van der Waals surface area contributed by atoms with Crippen molar-refractivity contribution in [3.8, 4) is 0 Å². The van der Waals surface area contributed by atoms with E-state index in [1.807, 2.05) is 0 Å². The zero-order valence-electron chi connectivity index (χ0n) is 10.9. The van der Waals surface area contributed by atoms with Crippen molar-refractivity contribution in [3.05, 3.63) is 0 Å². The molecule has 0 radical (unpaired) electrons. The fourth-order valence-electron chi connectivity index (χ4n) is 3.37. The quantitative estimate of drug-likeness (QED) is 0.692. The van der Waals surface area contributed by atoms with Gasteiger partial charge in [-0.1, -0.05) is 13.8 Å². The highest BCUT2D eigenvalue weighted by Crippen LogP contribution is 2.60. The number of ether oxygens (including phenoxy) is 2. The highest BCUT2D eigenvalue weighted by atomic mass is 16.6. The van der Waals surface area contributed by atoms with Crippen molar-refractivity contribution in [2.45, 2.75) is 52.7 Å². The Morgan fingerprint density at radius 1 is 1.06 bits per heavy atom. The molecule has 0 amide bonds. The van der Waals surface area contributed by atoms with E-state index in [-0.39, 0.29) is 29.6 Å². The third-order valence-electron chi connectivity index (χ3n) is 4.45. The van der Waals surface area contributed by atoms with E-state index in [0.717, 1.165) is 12.8 Å². The topological polar surface area (TPSA) is 52.6 Å². The molecule has 0 aliphatic heterocycles. The molecule has 4 atom stereocenters. The molecule has 0 saturated heterocycles. The summed E-state index contributed by atoms with van der Waals surface area (Å²) < 4.78 is 10.7. The molecule has 3 rings (SSSR count). The molecule has 4 heteroatoms. The van der Waals surface area contributed by atoms with Gasteiger partial charge in [0, 0.05) is 19.8 Å². The fraction of sp³-hybridized carbons (Fsp3) is 0.846. The summed E-state index contributed by atoms with van der Waals surface area (Å²) in [5.41, 5.74) is 0.191. The zero-order chi connectivity index (χ0) is 12.8. The second-order valence-corrected chi connectivity index (χ2v) is 5.82. The summed E-state index contributed by atoms with van der Waals surface area (Å²) in [7, 11) is 0. The Bertz CT molecular complexity index is 347. The van der Waals surface area contributed by atoms with E-state index in [0.29, 0.717) is 11.8 Å². The number of carbonyl (C=O) groups excluding carboxylic acids is 2. The monoisotopic (exact) mass is 240 g/mol. The molecule has 0 N–H and O–H groups in total. The first-order valence-electron chi connectivity index (χ1n) is 6.16. The van der Waals surface area contributed by atoms with Crippen molar-refractivity contribution in [2.75, 3.05) is 0 Å². The third kappa shape index (κ3) is 2.05. The van der Waals surface area contributed by atoms with Crippen LogP contribution in [0.1, 0.15) is 40.5 Å². The van der Waals surface area contributed by atoms with Crippen LogP contribution in [0.5, 0.6) is 0 Å². The van der Waals surface area contributed by atoms with Crippen molar-refractivity contribution in [2.24, 2.45) is 17.3 Å². The molecule has 0 aromatic rings. The van der Waals surface area contributed by atoms with Gasteiger partial charge in [0.2, 0.25) is 0 Å². The number of carbonyl (C=O) groups is 2. The van der Waals surface area contributed by atoms with Gasteiger partial charge >= 0.3 is 11.9 Å². The fourth-order valence-corrected chi connectivity index (χ4v) is 3.37. The Kier molecular flexibility index (Phi) is 2.92. The highest BCUT2D eigenvalue weighted by molar-refractivity contribution is 5.67. The van der Waals surface area contributed by atoms with Crippen LogP contribution in [0.2, 0.25) is 0 Å². The van der Waals surface area contributed by atoms with Gasteiger partial charge in [-0.15, -0.1) is 0 Å². The molecule has 4 nitrogen and oxygen atoms in total. The van der Waals surface area contributed by atoms with Gasteiger partial charge in [-0.05, 0) is 24.2 Å². The van der Waals surface area contributed by atoms with Gasteiger partial charge in [-0.2, -0.15) is 0 Å². The van der Waals surface area contributed by atoms with Gasteiger partial charge in [0.1, 0.15) is 12.2 Å². The lowest BCUT2D eigenvalue weighted by molar-refractivity contribution is -0.221. The van der Waals surface area contributed by atoms with Crippen LogP contribution in [0.4, 0.5) is 0 Å². The van der Waals surface area contributed by atoms with Crippen molar-refractivity contribution in [1.82, 2.24) is 0 Å². The second kappa shape index (κ2) is 4.00. The minimum Gasteiger partial charge on any atom is -0.459 e. The zero-order valence-corrected chi connectivity index (χ0v) is 10.9. The molecule has 0 aromatic heterocycles. The Balaban J connectivity index is 2.13. The lowest BCUT2D eigenvalue weighted by Crippen LogP contribution is -2.62. The standard InChI is InChI=1S/C13H20O4/c1-7(14)16-11-6-9-5-10(13(9,3)4)12(11)17-8(2)15/h9-12H,5-6H2,1-4H3/t9-,10+,11+,12-/m0/s1. The van der Waals surface area contributed by atoms with E-state index in [2.05, 4.69) is 13.8 Å². The van der Waals surface area contributed by atoms with E-state index in [1.165, 1.54) is 13.8 Å². The number of rotatable bonds is 2. The summed E-state index contributed by atoms with van der Waals surface area (Å²) in [4.78, 5) is 22.2. The average molecular weight is 240 g/mol. The maximum atomic E-state index is 11.2. The van der Waals surface area contributed by atoms with Crippen LogP contribution in [0.15, 0.2) is 0 Å². The summed E-state index contributed by atoms with van der Waals surface area (Å²) in [5.74, 6) is 0.290. The van der Waals surface area contributed by atoms with Crippen LogP contribution >= 0.6 is 0 Å². The van der Waals surface area contributed by atoms with E-state index < -0.39 is 0 Å². The van der Waals surface area contributed by atoms with Crippen LogP contribution in [0.25, 0.3) is 0 Å². The van der Waals surface area contributed by atoms with Crippen molar-refractivity contribution < 1.29 is 19.1 Å². The lowest BCUT2D eigenvalue weighted by Gasteiger charge is -2.60. The summed E-state index contributed by atoms with van der Waals surface area (Å²) in [5, 5.41) is 0. The van der Waals surface area contributed by atoms with Crippen LogP contribution in [0, 0.1) is 17.3 Å². The van der Waals surface area contributed by atoms with Crippen LogP contribution in [0.3, 0.4) is 0 Å². The first-order chi connectivity index (χ1) is 7.82. The molecule has 0 heterocycles. The molecule has 96 valence electrons. The van der Waals surface area contributed by atoms with Gasteiger partial charge in [-0.25, -0.2) is 0 Å². The summed E-state index contributed by atoms with van der Waals surface area (Å²) in [6, 6.07) is 0. The number of fused-ring (bicyclic) bond motifs is 2. The maximum absolute atomic E-state index is 11.2. The molecule has 3 aliphatic rings. The predicted molar refractivity (Wildman–Crippen MR) is 61.1 cm³/mol. The van der Waals surface area contributed by atoms with Gasteiger partial charge in [0.15, 0.2) is 0 Å². The number of esters is 2. The molecule has 3 fully saturated rings. The molecule has 2 bridgehead atoms. The molecule has 0 spiro atoms. The number of hydrogen-bond donors (Lipinski definition) is 0. The highest BCUT2D eigenvalue weighted by Gasteiger charge is 2.60. The molecular formula is C13H20O4. The van der Waals surface area contributed by atoms with E-state index >= 15 is 0 Å². The minimum absolute atomic E-state index is 0.191. The van der Waals surface area contributed by atoms with Gasteiger partial charge in [0.25, 0.3) is 0 Å². The van der Waals surface area contributed by atoms with E-state index in [1.54, 1.807) is 0 Å². The molecule has 17 heavy (non-hydrogen) atoms. The van der Waals surface area contributed by atoms with Crippen molar-refractivity contribution in [1.29, 1.82) is 0 Å². The van der Waals surface area contributed by atoms with Crippen LogP contribution in [-0.4, -0.2) is 24.1 Å². The van der Waals surface area contributed by atoms with Crippen LogP contribution in [-0.2, 0) is 19.1 Å². The first kappa shape index (κ1) is 12.4. The normalized spacial score (nSPS) is 37.9. The van der Waals surface area contributed by atoms with Gasteiger partial charge in [-0.3, -0.25) is 9.59 Å². The Labute approximate surface area is 102 Å². The Morgan fingerprint density at radius 2 is 1.65 bits per heavy atom. The van der Waals surface area contributed by atoms with Gasteiger partial charge in [0.05, 0.1) is 0 Å². The molecule has 3 aliphatic carbocycles. The van der Waals surface area contributed by atoms with Crippen LogP contribution < -0.4 is 0 Å². The smallest absolute Gasteiger partial charge is 0.303 e.